The summed E-state index contributed by atoms with van der Waals surface area (Å²) >= 11 is 0. The minimum absolute atomic E-state index is 0.108. The summed E-state index contributed by atoms with van der Waals surface area (Å²) in [4.78, 5) is 14.0. The standard InChI is InChI=1S/C16H32N2O3/c1-6-9-17-16(4,14(19)20)11-13(2)18-10-7-8-15(3,12-18)21-5/h13,17H,6-12H2,1-5H3,(H,19,20). The van der Waals surface area contributed by atoms with Crippen molar-refractivity contribution in [3.8, 4) is 0 Å². The Morgan fingerprint density at radius 3 is 2.76 bits per heavy atom. The average molecular weight is 300 g/mol. The summed E-state index contributed by atoms with van der Waals surface area (Å²) in [6.45, 7) is 10.7. The molecule has 1 heterocycles. The van der Waals surface area contributed by atoms with Crippen molar-refractivity contribution < 1.29 is 14.6 Å². The molecule has 0 bridgehead atoms. The number of ether oxygens (including phenoxy) is 1. The first kappa shape index (κ1) is 18.4. The summed E-state index contributed by atoms with van der Waals surface area (Å²) in [6, 6.07) is 0.213. The number of carboxylic acids is 1. The molecule has 0 aliphatic carbocycles. The molecule has 0 aromatic carbocycles. The van der Waals surface area contributed by atoms with Crippen LogP contribution in [-0.2, 0) is 9.53 Å². The zero-order chi connectivity index (χ0) is 16.1. The lowest BCUT2D eigenvalue weighted by molar-refractivity contribution is -0.145. The molecule has 1 aliphatic rings. The first-order valence-electron chi connectivity index (χ1n) is 8.04. The van der Waals surface area contributed by atoms with Gasteiger partial charge in [0.1, 0.15) is 5.54 Å². The number of hydrogen-bond donors (Lipinski definition) is 2. The maximum absolute atomic E-state index is 11.6. The van der Waals surface area contributed by atoms with Crippen molar-refractivity contribution in [2.24, 2.45) is 0 Å². The lowest BCUT2D eigenvalue weighted by Gasteiger charge is -2.44. The van der Waals surface area contributed by atoms with Crippen molar-refractivity contribution in [1.29, 1.82) is 0 Å². The number of carboxylic acid groups (broad SMARTS) is 1. The zero-order valence-electron chi connectivity index (χ0n) is 14.2. The summed E-state index contributed by atoms with van der Waals surface area (Å²) in [6.07, 6.45) is 3.70. The van der Waals surface area contributed by atoms with Crippen molar-refractivity contribution in [2.45, 2.75) is 70.6 Å². The molecule has 0 saturated carbocycles. The van der Waals surface area contributed by atoms with E-state index in [0.29, 0.717) is 6.42 Å². The highest BCUT2D eigenvalue weighted by Crippen LogP contribution is 2.27. The molecule has 0 aromatic rings. The van der Waals surface area contributed by atoms with Gasteiger partial charge in [-0.25, -0.2) is 0 Å². The van der Waals surface area contributed by atoms with E-state index >= 15 is 0 Å². The molecule has 3 atom stereocenters. The lowest BCUT2D eigenvalue weighted by atomic mass is 9.89. The van der Waals surface area contributed by atoms with Gasteiger partial charge in [0.15, 0.2) is 0 Å². The van der Waals surface area contributed by atoms with Crippen molar-refractivity contribution in [3.63, 3.8) is 0 Å². The molecule has 124 valence electrons. The van der Waals surface area contributed by atoms with Crippen LogP contribution < -0.4 is 5.32 Å². The summed E-state index contributed by atoms with van der Waals surface area (Å²) < 4.78 is 5.63. The first-order valence-corrected chi connectivity index (χ1v) is 8.04. The third-order valence-electron chi connectivity index (χ3n) is 4.75. The highest BCUT2D eigenvalue weighted by molar-refractivity contribution is 5.78. The molecule has 0 radical (unpaired) electrons. The van der Waals surface area contributed by atoms with Gasteiger partial charge < -0.3 is 15.2 Å². The molecule has 1 rings (SSSR count). The van der Waals surface area contributed by atoms with Crippen LogP contribution >= 0.6 is 0 Å². The van der Waals surface area contributed by atoms with Gasteiger partial charge in [-0.3, -0.25) is 9.69 Å². The van der Waals surface area contributed by atoms with Gasteiger partial charge in [-0.2, -0.15) is 0 Å². The average Bonchev–Trinajstić information content (AvgIpc) is 2.45. The number of piperidine rings is 1. The van der Waals surface area contributed by atoms with E-state index in [2.05, 4.69) is 24.1 Å². The molecule has 5 nitrogen and oxygen atoms in total. The van der Waals surface area contributed by atoms with Gasteiger partial charge in [0.25, 0.3) is 0 Å². The zero-order valence-corrected chi connectivity index (χ0v) is 14.2. The molecule has 5 heteroatoms. The number of rotatable bonds is 8. The Bertz CT molecular complexity index is 350. The Hall–Kier alpha value is -0.650. The van der Waals surface area contributed by atoms with Crippen molar-refractivity contribution >= 4 is 5.97 Å². The monoisotopic (exact) mass is 300 g/mol. The second kappa shape index (κ2) is 7.56. The SMILES string of the molecule is CCCNC(C)(CC(C)N1CCCC(C)(OC)C1)C(=O)O. The molecule has 21 heavy (non-hydrogen) atoms. The van der Waals surface area contributed by atoms with E-state index in [-0.39, 0.29) is 11.6 Å². The summed E-state index contributed by atoms with van der Waals surface area (Å²) in [5, 5.41) is 12.7. The van der Waals surface area contributed by atoms with E-state index in [1.165, 1.54) is 0 Å². The van der Waals surface area contributed by atoms with E-state index in [0.717, 1.165) is 38.9 Å². The molecule has 0 amide bonds. The van der Waals surface area contributed by atoms with Crippen LogP contribution in [0.1, 0.15) is 53.4 Å². The van der Waals surface area contributed by atoms with Crippen LogP contribution in [-0.4, -0.2) is 59.9 Å². The third-order valence-corrected chi connectivity index (χ3v) is 4.75. The van der Waals surface area contributed by atoms with E-state index < -0.39 is 11.5 Å². The van der Waals surface area contributed by atoms with Gasteiger partial charge in [-0.05, 0) is 59.5 Å². The number of hydrogen-bond acceptors (Lipinski definition) is 4. The van der Waals surface area contributed by atoms with Crippen LogP contribution in [0.3, 0.4) is 0 Å². The topological polar surface area (TPSA) is 61.8 Å². The van der Waals surface area contributed by atoms with Crippen molar-refractivity contribution in [1.82, 2.24) is 10.2 Å². The molecule has 2 N–H and O–H groups in total. The van der Waals surface area contributed by atoms with Gasteiger partial charge in [0.2, 0.25) is 0 Å². The van der Waals surface area contributed by atoms with E-state index in [9.17, 15) is 9.90 Å². The molecule has 0 aromatic heterocycles. The molecule has 0 spiro atoms. The van der Waals surface area contributed by atoms with E-state index in [4.69, 9.17) is 4.74 Å². The maximum Gasteiger partial charge on any atom is 0.323 e. The number of aliphatic carboxylic acids is 1. The number of likely N-dealkylation sites (tertiary alicyclic amines) is 1. The Labute approximate surface area is 129 Å². The quantitative estimate of drug-likeness (QED) is 0.719. The Kier molecular flexibility index (Phi) is 6.63. The van der Waals surface area contributed by atoms with E-state index in [1.807, 2.05) is 6.92 Å². The van der Waals surface area contributed by atoms with Crippen molar-refractivity contribution in [3.05, 3.63) is 0 Å². The Balaban J connectivity index is 2.68. The second-order valence-corrected chi connectivity index (χ2v) is 6.85. The normalized spacial score (nSPS) is 28.0. The van der Waals surface area contributed by atoms with Gasteiger partial charge in [-0.15, -0.1) is 0 Å². The number of nitrogens with one attached hydrogen (secondary N) is 1. The number of methoxy groups -OCH3 is 1. The van der Waals surface area contributed by atoms with Crippen LogP contribution in [0.25, 0.3) is 0 Å². The maximum atomic E-state index is 11.6. The van der Waals surface area contributed by atoms with Gasteiger partial charge in [0.05, 0.1) is 5.60 Å². The first-order chi connectivity index (χ1) is 9.76. The van der Waals surface area contributed by atoms with Crippen LogP contribution in [0.5, 0.6) is 0 Å². The molecule has 3 unspecified atom stereocenters. The molecular weight excluding hydrogens is 268 g/mol. The highest BCUT2D eigenvalue weighted by Gasteiger charge is 2.38. The van der Waals surface area contributed by atoms with Gasteiger partial charge in [0, 0.05) is 19.7 Å². The fourth-order valence-corrected chi connectivity index (χ4v) is 3.14. The second-order valence-electron chi connectivity index (χ2n) is 6.85. The van der Waals surface area contributed by atoms with Crippen LogP contribution in [0.4, 0.5) is 0 Å². The summed E-state index contributed by atoms with van der Waals surface area (Å²) in [5.74, 6) is -0.769. The molecule has 1 aliphatic heterocycles. The van der Waals surface area contributed by atoms with Gasteiger partial charge >= 0.3 is 5.97 Å². The van der Waals surface area contributed by atoms with E-state index in [1.54, 1.807) is 14.0 Å². The summed E-state index contributed by atoms with van der Waals surface area (Å²) in [5.41, 5.74) is -0.973. The number of carbonyl (C=O) groups is 1. The van der Waals surface area contributed by atoms with Crippen LogP contribution in [0.15, 0.2) is 0 Å². The minimum Gasteiger partial charge on any atom is -0.480 e. The predicted molar refractivity (Wildman–Crippen MR) is 84.6 cm³/mol. The minimum atomic E-state index is -0.865. The molecule has 1 fully saturated rings. The van der Waals surface area contributed by atoms with Crippen LogP contribution in [0.2, 0.25) is 0 Å². The Morgan fingerprint density at radius 1 is 1.57 bits per heavy atom. The molecule has 1 saturated heterocycles. The fourth-order valence-electron chi connectivity index (χ4n) is 3.14. The third kappa shape index (κ3) is 4.94. The summed E-state index contributed by atoms with van der Waals surface area (Å²) in [7, 11) is 1.76. The lowest BCUT2D eigenvalue weighted by Crippen LogP contribution is -2.56. The fraction of sp³-hybridized carbons (Fsp3) is 0.938. The number of nitrogens with zero attached hydrogens (tertiary/aromatic N) is 1. The molecular formula is C16H32N2O3. The predicted octanol–water partition coefficient (Wildman–Crippen LogP) is 2.11. The smallest absolute Gasteiger partial charge is 0.323 e. The largest absolute Gasteiger partial charge is 0.480 e. The highest BCUT2D eigenvalue weighted by atomic mass is 16.5. The Morgan fingerprint density at radius 2 is 2.24 bits per heavy atom. The van der Waals surface area contributed by atoms with Gasteiger partial charge in [-0.1, -0.05) is 6.92 Å². The van der Waals surface area contributed by atoms with Crippen LogP contribution in [0, 0.1) is 0 Å². The van der Waals surface area contributed by atoms with Crippen molar-refractivity contribution in [2.75, 3.05) is 26.7 Å².